The van der Waals surface area contributed by atoms with E-state index in [9.17, 15) is 0 Å². The summed E-state index contributed by atoms with van der Waals surface area (Å²) in [5.74, 6) is 1.22. The molecule has 8 nitrogen and oxygen atoms in total. The number of ether oxygens (including phenoxy) is 1. The number of nitrogens with two attached hydrogens (primary N) is 3. The summed E-state index contributed by atoms with van der Waals surface area (Å²) in [6, 6.07) is 7.39. The van der Waals surface area contributed by atoms with Crippen LogP contribution in [-0.2, 0) is 0 Å². The van der Waals surface area contributed by atoms with E-state index in [2.05, 4.69) is 19.9 Å². The van der Waals surface area contributed by atoms with Gasteiger partial charge in [-0.2, -0.15) is 9.97 Å². The second-order valence-corrected chi connectivity index (χ2v) is 4.55. The van der Waals surface area contributed by atoms with Crippen molar-refractivity contribution in [3.05, 3.63) is 24.3 Å². The van der Waals surface area contributed by atoms with Crippen molar-refractivity contribution in [1.82, 2.24) is 19.9 Å². The maximum absolute atomic E-state index is 5.97. The molecule has 0 amide bonds. The van der Waals surface area contributed by atoms with Crippen LogP contribution in [0.25, 0.3) is 22.4 Å². The predicted molar refractivity (Wildman–Crippen MR) is 85.0 cm³/mol. The summed E-state index contributed by atoms with van der Waals surface area (Å²) in [6.45, 7) is 2.53. The maximum Gasteiger partial charge on any atom is 0.224 e. The molecule has 0 atom stereocenters. The standard InChI is InChI=1S/C14H15N7O/c1-2-22-8-5-3-7(4-6-8)9-11(15)19-13-10(18-9)12(16)20-14(17)21-13/h3-6H,2H2,1H3,(H6,15,16,17,19,20,21). The molecule has 1 aromatic carbocycles. The average molecular weight is 297 g/mol. The van der Waals surface area contributed by atoms with Crippen molar-refractivity contribution in [3.63, 3.8) is 0 Å². The predicted octanol–water partition coefficient (Wildman–Crippen LogP) is 1.23. The van der Waals surface area contributed by atoms with Crippen LogP contribution in [0.5, 0.6) is 5.75 Å². The molecular formula is C14H15N7O. The van der Waals surface area contributed by atoms with Gasteiger partial charge in [0.1, 0.15) is 11.4 Å². The van der Waals surface area contributed by atoms with Crippen molar-refractivity contribution in [2.75, 3.05) is 23.8 Å². The van der Waals surface area contributed by atoms with Crippen LogP contribution in [0.4, 0.5) is 17.6 Å². The van der Waals surface area contributed by atoms with E-state index in [0.29, 0.717) is 17.8 Å². The van der Waals surface area contributed by atoms with Gasteiger partial charge in [0.2, 0.25) is 5.95 Å². The molecule has 0 bridgehead atoms. The molecule has 0 aliphatic rings. The molecule has 2 aromatic heterocycles. The van der Waals surface area contributed by atoms with E-state index in [4.69, 9.17) is 21.9 Å². The molecule has 8 heteroatoms. The fourth-order valence-corrected chi connectivity index (χ4v) is 2.09. The van der Waals surface area contributed by atoms with Crippen LogP contribution in [0.1, 0.15) is 6.92 Å². The SMILES string of the molecule is CCOc1ccc(-c2nc3c(N)nc(N)nc3nc2N)cc1. The van der Waals surface area contributed by atoms with Crippen LogP contribution in [0.2, 0.25) is 0 Å². The van der Waals surface area contributed by atoms with E-state index < -0.39 is 0 Å². The van der Waals surface area contributed by atoms with E-state index in [1.165, 1.54) is 0 Å². The third kappa shape index (κ3) is 2.41. The number of hydrogen-bond acceptors (Lipinski definition) is 8. The van der Waals surface area contributed by atoms with Gasteiger partial charge in [-0.05, 0) is 31.2 Å². The second kappa shape index (κ2) is 5.32. The van der Waals surface area contributed by atoms with Gasteiger partial charge in [0, 0.05) is 5.56 Å². The van der Waals surface area contributed by atoms with Gasteiger partial charge in [-0.3, -0.25) is 0 Å². The number of benzene rings is 1. The largest absolute Gasteiger partial charge is 0.494 e. The Balaban J connectivity index is 2.12. The minimum Gasteiger partial charge on any atom is -0.494 e. The van der Waals surface area contributed by atoms with Crippen molar-refractivity contribution < 1.29 is 4.74 Å². The van der Waals surface area contributed by atoms with E-state index in [0.717, 1.165) is 11.3 Å². The highest BCUT2D eigenvalue weighted by Crippen LogP contribution is 2.27. The van der Waals surface area contributed by atoms with E-state index in [1.807, 2.05) is 31.2 Å². The third-order valence-corrected chi connectivity index (χ3v) is 3.04. The summed E-state index contributed by atoms with van der Waals surface area (Å²) < 4.78 is 5.41. The molecule has 112 valence electrons. The number of aromatic nitrogens is 4. The highest BCUT2D eigenvalue weighted by Gasteiger charge is 2.13. The Morgan fingerprint density at radius 3 is 2.32 bits per heavy atom. The zero-order valence-electron chi connectivity index (χ0n) is 11.9. The molecule has 0 spiro atoms. The highest BCUT2D eigenvalue weighted by atomic mass is 16.5. The molecule has 0 saturated carbocycles. The molecule has 22 heavy (non-hydrogen) atoms. The highest BCUT2D eigenvalue weighted by molar-refractivity contribution is 5.87. The zero-order chi connectivity index (χ0) is 15.7. The molecule has 3 aromatic rings. The van der Waals surface area contributed by atoms with Gasteiger partial charge in [0.05, 0.1) is 6.61 Å². The molecule has 3 rings (SSSR count). The van der Waals surface area contributed by atoms with Crippen molar-refractivity contribution in [2.45, 2.75) is 6.92 Å². The average Bonchev–Trinajstić information content (AvgIpc) is 2.48. The summed E-state index contributed by atoms with van der Waals surface area (Å²) >= 11 is 0. The normalized spacial score (nSPS) is 10.8. The van der Waals surface area contributed by atoms with Crippen LogP contribution in [0.3, 0.4) is 0 Å². The Morgan fingerprint density at radius 2 is 1.64 bits per heavy atom. The van der Waals surface area contributed by atoms with Gasteiger partial charge in [-0.25, -0.2) is 9.97 Å². The Kier molecular flexibility index (Phi) is 3.34. The summed E-state index contributed by atoms with van der Waals surface area (Å²) in [7, 11) is 0. The zero-order valence-corrected chi connectivity index (χ0v) is 11.9. The first-order chi connectivity index (χ1) is 10.6. The molecule has 0 aliphatic carbocycles. The van der Waals surface area contributed by atoms with Crippen LogP contribution < -0.4 is 21.9 Å². The van der Waals surface area contributed by atoms with Crippen molar-refractivity contribution in [3.8, 4) is 17.0 Å². The van der Waals surface area contributed by atoms with Gasteiger partial charge in [-0.15, -0.1) is 0 Å². The number of hydrogen-bond donors (Lipinski definition) is 3. The lowest BCUT2D eigenvalue weighted by Crippen LogP contribution is -2.06. The van der Waals surface area contributed by atoms with Crippen molar-refractivity contribution in [1.29, 1.82) is 0 Å². The lowest BCUT2D eigenvalue weighted by atomic mass is 10.1. The van der Waals surface area contributed by atoms with Gasteiger partial charge >= 0.3 is 0 Å². The lowest BCUT2D eigenvalue weighted by molar-refractivity contribution is 0.340. The third-order valence-electron chi connectivity index (χ3n) is 3.04. The van der Waals surface area contributed by atoms with Gasteiger partial charge in [0.15, 0.2) is 22.8 Å². The Labute approximate surface area is 126 Å². The molecule has 0 aliphatic heterocycles. The van der Waals surface area contributed by atoms with Crippen LogP contribution in [-0.4, -0.2) is 26.5 Å². The van der Waals surface area contributed by atoms with Crippen LogP contribution in [0, 0.1) is 0 Å². The van der Waals surface area contributed by atoms with Gasteiger partial charge in [0.25, 0.3) is 0 Å². The summed E-state index contributed by atoms with van der Waals surface area (Å²) in [5.41, 5.74) is 19.3. The van der Waals surface area contributed by atoms with E-state index in [1.54, 1.807) is 0 Å². The lowest BCUT2D eigenvalue weighted by Gasteiger charge is -2.08. The Hall–Kier alpha value is -3.16. The Bertz CT molecular complexity index is 833. The van der Waals surface area contributed by atoms with Crippen molar-refractivity contribution in [2.24, 2.45) is 0 Å². The fourth-order valence-electron chi connectivity index (χ4n) is 2.09. The van der Waals surface area contributed by atoms with E-state index in [-0.39, 0.29) is 23.2 Å². The van der Waals surface area contributed by atoms with E-state index >= 15 is 0 Å². The molecule has 0 radical (unpaired) electrons. The van der Waals surface area contributed by atoms with Gasteiger partial charge in [-0.1, -0.05) is 0 Å². The number of nitrogens with zero attached hydrogens (tertiary/aromatic N) is 4. The molecule has 6 N–H and O–H groups in total. The smallest absolute Gasteiger partial charge is 0.224 e. The van der Waals surface area contributed by atoms with Gasteiger partial charge < -0.3 is 21.9 Å². The first-order valence-electron chi connectivity index (χ1n) is 6.68. The summed E-state index contributed by atoms with van der Waals surface area (Å²) in [5, 5.41) is 0. The molecular weight excluding hydrogens is 282 g/mol. The first kappa shape index (κ1) is 13.8. The molecule has 0 unspecified atom stereocenters. The number of nitrogen functional groups attached to an aromatic ring is 3. The van der Waals surface area contributed by atoms with Crippen molar-refractivity contribution >= 4 is 28.7 Å². The topological polar surface area (TPSA) is 139 Å². The number of fused-ring (bicyclic) bond motifs is 1. The second-order valence-electron chi connectivity index (χ2n) is 4.55. The molecule has 0 saturated heterocycles. The van der Waals surface area contributed by atoms with Crippen LogP contribution >= 0.6 is 0 Å². The first-order valence-corrected chi connectivity index (χ1v) is 6.68. The minimum atomic E-state index is 0.0347. The monoisotopic (exact) mass is 297 g/mol. The molecule has 0 fully saturated rings. The summed E-state index contributed by atoms with van der Waals surface area (Å²) in [6.07, 6.45) is 0. The quantitative estimate of drug-likeness (QED) is 0.656. The summed E-state index contributed by atoms with van der Waals surface area (Å²) in [4.78, 5) is 16.5. The number of rotatable bonds is 3. The fraction of sp³-hybridized carbons (Fsp3) is 0.143. The van der Waals surface area contributed by atoms with Crippen LogP contribution in [0.15, 0.2) is 24.3 Å². The Morgan fingerprint density at radius 1 is 0.909 bits per heavy atom. The molecule has 2 heterocycles. The maximum atomic E-state index is 5.97. The number of anilines is 3. The minimum absolute atomic E-state index is 0.0347.